The van der Waals surface area contributed by atoms with Crippen molar-refractivity contribution in [3.8, 4) is 11.4 Å². The molecule has 0 aliphatic rings. The third-order valence-corrected chi connectivity index (χ3v) is 4.00. The first-order valence-corrected chi connectivity index (χ1v) is 8.31. The summed E-state index contributed by atoms with van der Waals surface area (Å²) in [4.78, 5) is 16.3. The zero-order valence-electron chi connectivity index (χ0n) is 14.9. The number of halogens is 1. The monoisotopic (exact) mass is 353 g/mol. The van der Waals surface area contributed by atoms with Gasteiger partial charge < -0.3 is 9.84 Å². The highest BCUT2D eigenvalue weighted by atomic mass is 19.1. The molecule has 1 N–H and O–H groups in total. The third kappa shape index (κ3) is 3.96. The molecular formula is C20H20FN3O2. The van der Waals surface area contributed by atoms with E-state index in [1.165, 1.54) is 23.8 Å². The number of nitrogens with zero attached hydrogens (tertiary/aromatic N) is 2. The number of amides is 1. The average molecular weight is 353 g/mol. The molecule has 26 heavy (non-hydrogen) atoms. The summed E-state index contributed by atoms with van der Waals surface area (Å²) in [6, 6.07) is 13.7. The lowest BCUT2D eigenvalue weighted by atomic mass is 9.87. The van der Waals surface area contributed by atoms with Crippen LogP contribution in [0.1, 0.15) is 42.6 Å². The van der Waals surface area contributed by atoms with Gasteiger partial charge in [-0.3, -0.25) is 4.79 Å². The van der Waals surface area contributed by atoms with Crippen LogP contribution in [0.2, 0.25) is 0 Å². The molecule has 0 atom stereocenters. The van der Waals surface area contributed by atoms with Gasteiger partial charge in [0.05, 0.1) is 12.1 Å². The van der Waals surface area contributed by atoms with Crippen molar-refractivity contribution in [3.05, 3.63) is 71.4 Å². The third-order valence-electron chi connectivity index (χ3n) is 4.00. The predicted molar refractivity (Wildman–Crippen MR) is 96.0 cm³/mol. The zero-order valence-corrected chi connectivity index (χ0v) is 14.9. The van der Waals surface area contributed by atoms with Crippen LogP contribution in [0.15, 0.2) is 53.1 Å². The van der Waals surface area contributed by atoms with E-state index in [1.54, 1.807) is 6.07 Å². The van der Waals surface area contributed by atoms with E-state index >= 15 is 0 Å². The van der Waals surface area contributed by atoms with Crippen molar-refractivity contribution >= 4 is 5.91 Å². The topological polar surface area (TPSA) is 68.0 Å². The molecule has 0 aliphatic heterocycles. The molecule has 0 bridgehead atoms. The highest BCUT2D eigenvalue weighted by Crippen LogP contribution is 2.24. The summed E-state index contributed by atoms with van der Waals surface area (Å²) in [6.45, 7) is 6.46. The highest BCUT2D eigenvalue weighted by molar-refractivity contribution is 5.94. The lowest BCUT2D eigenvalue weighted by Gasteiger charge is -2.18. The zero-order chi connectivity index (χ0) is 18.7. The Morgan fingerprint density at radius 1 is 1.12 bits per heavy atom. The van der Waals surface area contributed by atoms with Crippen LogP contribution in [0.25, 0.3) is 11.4 Å². The summed E-state index contributed by atoms with van der Waals surface area (Å²) in [5.74, 6) is -0.405. The number of aromatic nitrogens is 2. The van der Waals surface area contributed by atoms with Crippen LogP contribution in [0, 0.1) is 5.82 Å². The smallest absolute Gasteiger partial charge is 0.254 e. The highest BCUT2D eigenvalue weighted by Gasteiger charge is 2.15. The Labute approximate surface area is 151 Å². The van der Waals surface area contributed by atoms with Gasteiger partial charge in [0, 0.05) is 5.56 Å². The second kappa shape index (κ2) is 7.07. The first-order chi connectivity index (χ1) is 12.3. The van der Waals surface area contributed by atoms with Gasteiger partial charge in [0.1, 0.15) is 5.82 Å². The van der Waals surface area contributed by atoms with Gasteiger partial charge in [0.2, 0.25) is 11.7 Å². The standard InChI is InChI=1S/C20H20FN3O2/c1-20(2,3)14-10-8-13(9-11-14)18-23-17(26-24-18)12-22-19(25)15-6-4-5-7-16(15)21/h4-11H,12H2,1-3H3,(H,22,25). The maximum Gasteiger partial charge on any atom is 0.254 e. The van der Waals surface area contributed by atoms with E-state index in [0.29, 0.717) is 5.82 Å². The van der Waals surface area contributed by atoms with Gasteiger partial charge in [0.15, 0.2) is 0 Å². The van der Waals surface area contributed by atoms with Crippen molar-refractivity contribution in [2.24, 2.45) is 0 Å². The molecule has 3 rings (SSSR count). The van der Waals surface area contributed by atoms with Gasteiger partial charge in [-0.25, -0.2) is 4.39 Å². The normalized spacial score (nSPS) is 11.4. The molecule has 0 fully saturated rings. The van der Waals surface area contributed by atoms with Crippen molar-refractivity contribution in [1.82, 2.24) is 15.5 Å². The van der Waals surface area contributed by atoms with E-state index < -0.39 is 11.7 Å². The van der Waals surface area contributed by atoms with Crippen LogP contribution < -0.4 is 5.32 Å². The summed E-state index contributed by atoms with van der Waals surface area (Å²) >= 11 is 0. The molecule has 134 valence electrons. The van der Waals surface area contributed by atoms with Gasteiger partial charge in [-0.15, -0.1) is 0 Å². The first kappa shape index (κ1) is 17.8. The van der Waals surface area contributed by atoms with E-state index in [-0.39, 0.29) is 23.4 Å². The van der Waals surface area contributed by atoms with Crippen molar-refractivity contribution in [3.63, 3.8) is 0 Å². The maximum atomic E-state index is 13.6. The molecule has 0 saturated heterocycles. The van der Waals surface area contributed by atoms with Gasteiger partial charge in [-0.1, -0.05) is 62.3 Å². The minimum atomic E-state index is -0.574. The first-order valence-electron chi connectivity index (χ1n) is 8.31. The Kier molecular flexibility index (Phi) is 4.84. The number of nitrogens with one attached hydrogen (secondary N) is 1. The second-order valence-corrected chi connectivity index (χ2v) is 7.00. The molecule has 2 aromatic carbocycles. The van der Waals surface area contributed by atoms with E-state index in [1.807, 2.05) is 24.3 Å². The summed E-state index contributed by atoms with van der Waals surface area (Å²) in [7, 11) is 0. The minimum Gasteiger partial charge on any atom is -0.343 e. The summed E-state index contributed by atoms with van der Waals surface area (Å²) in [6.07, 6.45) is 0. The minimum absolute atomic E-state index is 0.0231. The largest absolute Gasteiger partial charge is 0.343 e. The average Bonchev–Trinajstić information content (AvgIpc) is 3.08. The maximum absolute atomic E-state index is 13.6. The molecule has 0 aliphatic carbocycles. The van der Waals surface area contributed by atoms with E-state index in [0.717, 1.165) is 5.56 Å². The lowest BCUT2D eigenvalue weighted by Crippen LogP contribution is -2.23. The van der Waals surface area contributed by atoms with E-state index in [2.05, 4.69) is 36.2 Å². The molecule has 0 unspecified atom stereocenters. The fourth-order valence-electron chi connectivity index (χ4n) is 2.46. The Bertz CT molecular complexity index is 911. The molecular weight excluding hydrogens is 333 g/mol. The van der Waals surface area contributed by atoms with Crippen molar-refractivity contribution in [1.29, 1.82) is 0 Å². The van der Waals surface area contributed by atoms with Crippen LogP contribution in [0.4, 0.5) is 4.39 Å². The molecule has 6 heteroatoms. The molecule has 3 aromatic rings. The van der Waals surface area contributed by atoms with E-state index in [4.69, 9.17) is 4.52 Å². The molecule has 1 heterocycles. The molecule has 1 amide bonds. The van der Waals surface area contributed by atoms with Crippen molar-refractivity contribution in [2.45, 2.75) is 32.7 Å². The predicted octanol–water partition coefficient (Wildman–Crippen LogP) is 4.10. The number of benzene rings is 2. The van der Waals surface area contributed by atoms with Crippen LogP contribution in [-0.2, 0) is 12.0 Å². The summed E-state index contributed by atoms with van der Waals surface area (Å²) in [5.41, 5.74) is 2.08. The fourth-order valence-corrected chi connectivity index (χ4v) is 2.46. The van der Waals surface area contributed by atoms with Gasteiger partial charge in [0.25, 0.3) is 5.91 Å². The van der Waals surface area contributed by atoms with Gasteiger partial charge >= 0.3 is 0 Å². The van der Waals surface area contributed by atoms with Crippen molar-refractivity contribution < 1.29 is 13.7 Å². The Balaban J connectivity index is 1.67. The van der Waals surface area contributed by atoms with Gasteiger partial charge in [-0.2, -0.15) is 4.98 Å². The number of hydrogen-bond donors (Lipinski definition) is 1. The molecule has 0 radical (unpaired) electrons. The Morgan fingerprint density at radius 3 is 2.46 bits per heavy atom. The number of rotatable bonds is 4. The number of carbonyl (C=O) groups is 1. The van der Waals surface area contributed by atoms with Crippen LogP contribution >= 0.6 is 0 Å². The summed E-state index contributed by atoms with van der Waals surface area (Å²) < 4.78 is 18.8. The molecule has 1 aromatic heterocycles. The SMILES string of the molecule is CC(C)(C)c1ccc(-c2noc(CNC(=O)c3ccccc3F)n2)cc1. The van der Waals surface area contributed by atoms with Crippen LogP contribution in [0.3, 0.4) is 0 Å². The molecule has 5 nitrogen and oxygen atoms in total. The quantitative estimate of drug-likeness (QED) is 0.767. The Hall–Kier alpha value is -3.02. The summed E-state index contributed by atoms with van der Waals surface area (Å²) in [5, 5.41) is 6.51. The fraction of sp³-hybridized carbons (Fsp3) is 0.250. The molecule has 0 spiro atoms. The molecule has 0 saturated carbocycles. The van der Waals surface area contributed by atoms with E-state index in [9.17, 15) is 9.18 Å². The lowest BCUT2D eigenvalue weighted by molar-refractivity contribution is 0.0942. The number of hydrogen-bond acceptors (Lipinski definition) is 4. The number of carbonyl (C=O) groups excluding carboxylic acids is 1. The van der Waals surface area contributed by atoms with Crippen molar-refractivity contribution in [2.75, 3.05) is 0 Å². The van der Waals surface area contributed by atoms with Crippen LogP contribution in [-0.4, -0.2) is 16.0 Å². The Morgan fingerprint density at radius 2 is 1.81 bits per heavy atom. The van der Waals surface area contributed by atoms with Gasteiger partial charge in [-0.05, 0) is 23.1 Å². The van der Waals surface area contributed by atoms with Crippen LogP contribution in [0.5, 0.6) is 0 Å². The second-order valence-electron chi connectivity index (χ2n) is 7.00.